The zero-order chi connectivity index (χ0) is 34.9. The molecule has 0 radical (unpaired) electrons. The molecule has 2 aromatic rings. The maximum atomic E-state index is 14.4. The van der Waals surface area contributed by atoms with Gasteiger partial charge in [0.25, 0.3) is 16.1 Å². The lowest BCUT2D eigenvalue weighted by Crippen LogP contribution is -2.61. The van der Waals surface area contributed by atoms with E-state index in [9.17, 15) is 17.6 Å². The Balaban J connectivity index is 0.00000486. The summed E-state index contributed by atoms with van der Waals surface area (Å²) in [7, 11) is -1.69. The molecule has 4 saturated heterocycles. The number of carbonyl (C=O) groups excluding carboxylic acids is 1. The lowest BCUT2D eigenvalue weighted by atomic mass is 9.72. The number of ether oxygens (including phenoxy) is 1. The third-order valence-electron chi connectivity index (χ3n) is 10.9. The van der Waals surface area contributed by atoms with Gasteiger partial charge in [-0.3, -0.25) is 4.79 Å². The Hall–Kier alpha value is -2.62. The molecular formula is C35H54ClFN8O4S. The molecule has 1 aromatic carbocycles. The van der Waals surface area contributed by atoms with Crippen LogP contribution in [0.3, 0.4) is 0 Å². The Labute approximate surface area is 303 Å². The van der Waals surface area contributed by atoms with Gasteiger partial charge in [0, 0.05) is 76.9 Å². The summed E-state index contributed by atoms with van der Waals surface area (Å²) < 4.78 is 50.1. The SMILES string of the molecule is CC(C)N(C(=O)c1cc(F)ccc1Oc1cncnc1N1CC2(CCN(CC3CCN(S(=O)(=O)N(C)CC4CNC4)CC3)CC2)C1)C(C)C.Cl. The molecular weight excluding hydrogens is 683 g/mol. The van der Waals surface area contributed by atoms with Gasteiger partial charge in [-0.15, -0.1) is 12.4 Å². The molecule has 4 fully saturated rings. The van der Waals surface area contributed by atoms with Crippen LogP contribution in [-0.2, 0) is 10.2 Å². The van der Waals surface area contributed by atoms with E-state index in [0.717, 1.165) is 71.5 Å². The molecule has 0 saturated carbocycles. The van der Waals surface area contributed by atoms with Gasteiger partial charge in [-0.2, -0.15) is 17.0 Å². The van der Waals surface area contributed by atoms with Gasteiger partial charge in [0.15, 0.2) is 11.6 Å². The van der Waals surface area contributed by atoms with Crippen LogP contribution < -0.4 is 15.0 Å². The lowest BCUT2D eigenvalue weighted by molar-refractivity contribution is 0.0607. The van der Waals surface area contributed by atoms with Gasteiger partial charge < -0.3 is 24.8 Å². The second kappa shape index (κ2) is 16.0. The molecule has 50 heavy (non-hydrogen) atoms. The predicted molar refractivity (Wildman–Crippen MR) is 195 cm³/mol. The van der Waals surface area contributed by atoms with E-state index in [0.29, 0.717) is 43.0 Å². The van der Waals surface area contributed by atoms with Crippen molar-refractivity contribution in [3.05, 3.63) is 42.1 Å². The fourth-order valence-electron chi connectivity index (χ4n) is 7.96. The quantitative estimate of drug-likeness (QED) is 0.344. The van der Waals surface area contributed by atoms with E-state index < -0.39 is 16.0 Å². The number of amides is 1. The average Bonchev–Trinajstić information content (AvgIpc) is 3.03. The highest BCUT2D eigenvalue weighted by Crippen LogP contribution is 2.45. The van der Waals surface area contributed by atoms with Crippen LogP contribution in [0.25, 0.3) is 0 Å². The summed E-state index contributed by atoms with van der Waals surface area (Å²) in [6, 6.07) is 3.92. The second-order valence-corrected chi connectivity index (χ2v) is 17.2. The molecule has 5 heterocycles. The molecule has 1 amide bonds. The van der Waals surface area contributed by atoms with Gasteiger partial charge >= 0.3 is 0 Å². The Morgan fingerprint density at radius 3 is 2.30 bits per heavy atom. The van der Waals surface area contributed by atoms with Crippen LogP contribution in [0.15, 0.2) is 30.7 Å². The average molecular weight is 737 g/mol. The van der Waals surface area contributed by atoms with Crippen molar-refractivity contribution in [2.45, 2.75) is 65.5 Å². The van der Waals surface area contributed by atoms with Gasteiger partial charge in [0.1, 0.15) is 17.9 Å². The third-order valence-corrected chi connectivity index (χ3v) is 12.8. The molecule has 1 aromatic heterocycles. The maximum absolute atomic E-state index is 14.4. The number of benzene rings is 1. The van der Waals surface area contributed by atoms with Gasteiger partial charge in [0.2, 0.25) is 0 Å². The highest BCUT2D eigenvalue weighted by molar-refractivity contribution is 7.86. The normalized spacial score (nSPS) is 20.5. The van der Waals surface area contributed by atoms with E-state index in [1.807, 2.05) is 27.7 Å². The number of nitrogens with zero attached hydrogens (tertiary/aromatic N) is 7. The van der Waals surface area contributed by atoms with Crippen molar-refractivity contribution < 1.29 is 22.3 Å². The number of hydrogen-bond acceptors (Lipinski definition) is 9. The van der Waals surface area contributed by atoms with Crippen LogP contribution in [0.5, 0.6) is 11.5 Å². The second-order valence-electron chi connectivity index (χ2n) is 15.2. The molecule has 0 aliphatic carbocycles. The van der Waals surface area contributed by atoms with E-state index in [4.69, 9.17) is 4.74 Å². The number of nitrogens with one attached hydrogen (secondary N) is 1. The van der Waals surface area contributed by atoms with E-state index in [1.54, 1.807) is 22.4 Å². The summed E-state index contributed by atoms with van der Waals surface area (Å²) in [5.74, 6) is 1.53. The molecule has 0 atom stereocenters. The Bertz CT molecular complexity index is 1560. The number of likely N-dealkylation sites (tertiary alicyclic amines) is 1. The fraction of sp³-hybridized carbons (Fsp3) is 0.686. The zero-order valence-corrected chi connectivity index (χ0v) is 31.7. The van der Waals surface area contributed by atoms with Crippen LogP contribution in [0.2, 0.25) is 0 Å². The van der Waals surface area contributed by atoms with Gasteiger partial charge in [-0.05, 0) is 96.5 Å². The first-order valence-corrected chi connectivity index (χ1v) is 19.2. The summed E-state index contributed by atoms with van der Waals surface area (Å²) in [6.45, 7) is 16.1. The minimum absolute atomic E-state index is 0. The number of hydrogen-bond donors (Lipinski definition) is 1. The van der Waals surface area contributed by atoms with E-state index in [1.165, 1.54) is 28.8 Å². The summed E-state index contributed by atoms with van der Waals surface area (Å²) in [4.78, 5) is 28.8. The maximum Gasteiger partial charge on any atom is 0.281 e. The minimum Gasteiger partial charge on any atom is -0.451 e. The van der Waals surface area contributed by atoms with Gasteiger partial charge in [-0.25, -0.2) is 14.4 Å². The van der Waals surface area contributed by atoms with E-state index in [-0.39, 0.29) is 47.1 Å². The van der Waals surface area contributed by atoms with Crippen molar-refractivity contribution in [1.29, 1.82) is 0 Å². The van der Waals surface area contributed by atoms with Crippen LogP contribution >= 0.6 is 12.4 Å². The molecule has 0 unspecified atom stereocenters. The van der Waals surface area contributed by atoms with Crippen LogP contribution in [-0.4, -0.2) is 127 Å². The number of anilines is 1. The Kier molecular flexibility index (Phi) is 12.3. The lowest BCUT2D eigenvalue weighted by Gasteiger charge is -2.54. The fourth-order valence-corrected chi connectivity index (χ4v) is 9.43. The zero-order valence-electron chi connectivity index (χ0n) is 30.1. The first-order chi connectivity index (χ1) is 23.3. The Morgan fingerprint density at radius 1 is 1.04 bits per heavy atom. The summed E-state index contributed by atoms with van der Waals surface area (Å²) in [6.07, 6.45) is 7.10. The predicted octanol–water partition coefficient (Wildman–Crippen LogP) is 4.10. The van der Waals surface area contributed by atoms with Crippen molar-refractivity contribution in [3.63, 3.8) is 0 Å². The van der Waals surface area contributed by atoms with Crippen molar-refractivity contribution in [2.24, 2.45) is 17.3 Å². The largest absolute Gasteiger partial charge is 0.451 e. The van der Waals surface area contributed by atoms with Crippen molar-refractivity contribution >= 4 is 34.3 Å². The first kappa shape index (κ1) is 38.6. The molecule has 15 heteroatoms. The molecule has 278 valence electrons. The topological polar surface area (TPSA) is 114 Å². The first-order valence-electron chi connectivity index (χ1n) is 17.8. The molecule has 1 N–H and O–H groups in total. The molecule has 12 nitrogen and oxygen atoms in total. The number of piperidine rings is 2. The van der Waals surface area contributed by atoms with Crippen LogP contribution in [0.1, 0.15) is 63.7 Å². The van der Waals surface area contributed by atoms with Crippen LogP contribution in [0, 0.1) is 23.1 Å². The minimum atomic E-state index is -3.40. The molecule has 6 rings (SSSR count). The van der Waals surface area contributed by atoms with Crippen molar-refractivity contribution in [2.75, 3.05) is 77.4 Å². The molecule has 1 spiro atoms. The number of rotatable bonds is 12. The number of halogens is 2. The third kappa shape index (κ3) is 8.36. The van der Waals surface area contributed by atoms with Gasteiger partial charge in [-0.1, -0.05) is 0 Å². The van der Waals surface area contributed by atoms with Crippen LogP contribution in [0.4, 0.5) is 10.2 Å². The Morgan fingerprint density at radius 2 is 1.70 bits per heavy atom. The van der Waals surface area contributed by atoms with Crippen molar-refractivity contribution in [3.8, 4) is 11.5 Å². The highest BCUT2D eigenvalue weighted by Gasteiger charge is 2.46. The molecule has 0 bridgehead atoms. The summed E-state index contributed by atoms with van der Waals surface area (Å²) in [5, 5.41) is 3.22. The van der Waals surface area contributed by atoms with E-state index in [2.05, 4.69) is 25.1 Å². The van der Waals surface area contributed by atoms with Gasteiger partial charge in [0.05, 0.1) is 11.8 Å². The standard InChI is InChI=1S/C35H53FN8O4S.ClH/c1-25(2)44(26(3)4)34(45)30-16-29(36)6-7-31(30)48-32-19-38-24-39-33(32)42-22-35(23-42)10-14-41(15-11-35)21-27-8-12-43(13-9-27)49(46,47)40(5)20-28-17-37-18-28;/h6-7,16,19,24-28,37H,8-15,17-18,20-23H2,1-5H3;1H. The highest BCUT2D eigenvalue weighted by atomic mass is 35.5. The summed E-state index contributed by atoms with van der Waals surface area (Å²) in [5.41, 5.74) is 0.383. The number of aromatic nitrogens is 2. The van der Waals surface area contributed by atoms with Crippen molar-refractivity contribution in [1.82, 2.24) is 33.7 Å². The molecule has 4 aliphatic rings. The smallest absolute Gasteiger partial charge is 0.281 e. The van der Waals surface area contributed by atoms with E-state index >= 15 is 0 Å². The molecule has 4 aliphatic heterocycles. The monoisotopic (exact) mass is 736 g/mol. The summed E-state index contributed by atoms with van der Waals surface area (Å²) >= 11 is 0. The number of carbonyl (C=O) groups is 1.